The minimum atomic E-state index is -0.522. The third kappa shape index (κ3) is 3.82. The van der Waals surface area contributed by atoms with Gasteiger partial charge in [-0.25, -0.2) is 0 Å². The molecule has 0 aromatic heterocycles. The Hall–Kier alpha value is -0.0800. The van der Waals surface area contributed by atoms with Gasteiger partial charge in [-0.2, -0.15) is 0 Å². The Bertz CT molecular complexity index is 561. The van der Waals surface area contributed by atoms with Crippen LogP contribution in [0.3, 0.4) is 0 Å². The van der Waals surface area contributed by atoms with Gasteiger partial charge in [0, 0.05) is 0 Å². The van der Waals surface area contributed by atoms with Crippen LogP contribution in [0.5, 0.6) is 0 Å². The molecule has 0 radical (unpaired) electrons. The predicted molar refractivity (Wildman–Crippen MR) is 116 cm³/mol. The molecule has 2 heteroatoms. The van der Waals surface area contributed by atoms with Crippen molar-refractivity contribution in [3.05, 3.63) is 0 Å². The van der Waals surface area contributed by atoms with E-state index in [1.54, 1.807) is 0 Å². The molecule has 0 saturated heterocycles. The molecular formula is C26H46O2. The van der Waals surface area contributed by atoms with Crippen molar-refractivity contribution in [3.63, 3.8) is 0 Å². The summed E-state index contributed by atoms with van der Waals surface area (Å²) in [6.45, 7) is 11.1. The van der Waals surface area contributed by atoms with Gasteiger partial charge in [0.1, 0.15) is 0 Å². The van der Waals surface area contributed by atoms with Gasteiger partial charge in [0.2, 0.25) is 0 Å². The Morgan fingerprint density at radius 2 is 1.64 bits per heavy atom. The summed E-state index contributed by atoms with van der Waals surface area (Å²) in [5.41, 5.74) is -0.385. The molecule has 0 aliphatic heterocycles. The summed E-state index contributed by atoms with van der Waals surface area (Å²) >= 11 is 0. The zero-order valence-corrected chi connectivity index (χ0v) is 19.2. The summed E-state index contributed by atoms with van der Waals surface area (Å²) in [5, 5.41) is 20.8. The van der Waals surface area contributed by atoms with Crippen molar-refractivity contribution in [1.29, 1.82) is 0 Å². The molecule has 4 aliphatic carbocycles. The highest BCUT2D eigenvalue weighted by Crippen LogP contribution is 2.65. The molecule has 0 spiro atoms. The van der Waals surface area contributed by atoms with Crippen molar-refractivity contribution < 1.29 is 10.2 Å². The van der Waals surface area contributed by atoms with E-state index in [1.165, 1.54) is 51.4 Å². The van der Waals surface area contributed by atoms with Gasteiger partial charge in [-0.3, -0.25) is 0 Å². The molecule has 4 rings (SSSR count). The van der Waals surface area contributed by atoms with E-state index in [4.69, 9.17) is 0 Å². The van der Waals surface area contributed by atoms with Crippen molar-refractivity contribution >= 4 is 0 Å². The van der Waals surface area contributed by atoms with Gasteiger partial charge in [-0.1, -0.05) is 13.8 Å². The highest BCUT2D eigenvalue weighted by atomic mass is 16.3. The van der Waals surface area contributed by atoms with E-state index < -0.39 is 11.2 Å². The number of fused-ring (bicyclic) bond motifs is 5. The zero-order chi connectivity index (χ0) is 20.3. The maximum absolute atomic E-state index is 10.6. The third-order valence-electron chi connectivity index (χ3n) is 10.2. The minimum Gasteiger partial charge on any atom is -0.390 e. The van der Waals surface area contributed by atoms with Crippen LogP contribution in [-0.4, -0.2) is 21.4 Å². The first kappa shape index (κ1) is 21.2. The monoisotopic (exact) mass is 390 g/mol. The fourth-order valence-electron chi connectivity index (χ4n) is 8.84. The van der Waals surface area contributed by atoms with Crippen LogP contribution >= 0.6 is 0 Å². The molecular weight excluding hydrogens is 344 g/mol. The van der Waals surface area contributed by atoms with Crippen LogP contribution in [0.1, 0.15) is 105 Å². The molecule has 4 fully saturated rings. The van der Waals surface area contributed by atoms with Crippen molar-refractivity contribution in [2.75, 3.05) is 0 Å². The highest BCUT2D eigenvalue weighted by molar-refractivity contribution is 5.07. The topological polar surface area (TPSA) is 40.5 Å². The van der Waals surface area contributed by atoms with Gasteiger partial charge in [0.05, 0.1) is 11.2 Å². The van der Waals surface area contributed by atoms with Crippen molar-refractivity contribution in [3.8, 4) is 0 Å². The van der Waals surface area contributed by atoms with E-state index in [1.807, 2.05) is 13.8 Å². The average Bonchev–Trinajstić information content (AvgIpc) is 2.95. The summed E-state index contributed by atoms with van der Waals surface area (Å²) in [4.78, 5) is 0. The lowest BCUT2D eigenvalue weighted by Crippen LogP contribution is -2.50. The Morgan fingerprint density at radius 3 is 2.36 bits per heavy atom. The molecule has 0 aromatic rings. The molecule has 4 aliphatic rings. The van der Waals surface area contributed by atoms with E-state index >= 15 is 0 Å². The Kier molecular flexibility index (Phi) is 5.49. The molecule has 2 nitrogen and oxygen atoms in total. The number of aliphatic hydroxyl groups is 2. The summed E-state index contributed by atoms with van der Waals surface area (Å²) in [5.74, 6) is 6.11. The quantitative estimate of drug-likeness (QED) is 0.600. The van der Waals surface area contributed by atoms with Crippen LogP contribution < -0.4 is 0 Å². The van der Waals surface area contributed by atoms with Crippen molar-refractivity contribution in [2.24, 2.45) is 46.8 Å². The normalized spacial score (nSPS) is 49.8. The Morgan fingerprint density at radius 1 is 0.929 bits per heavy atom. The Labute approximate surface area is 173 Å². The first-order valence-corrected chi connectivity index (χ1v) is 12.4. The average molecular weight is 391 g/mol. The number of rotatable bonds is 4. The lowest BCUT2D eigenvalue weighted by atomic mass is 9.48. The molecule has 4 saturated carbocycles. The molecule has 28 heavy (non-hydrogen) atoms. The fraction of sp³-hybridized carbons (Fsp3) is 1.00. The summed E-state index contributed by atoms with van der Waals surface area (Å²) in [6.07, 6.45) is 14.0. The van der Waals surface area contributed by atoms with Crippen molar-refractivity contribution in [1.82, 2.24) is 0 Å². The molecule has 9 atom stereocenters. The molecule has 3 unspecified atom stereocenters. The highest BCUT2D eigenvalue weighted by Gasteiger charge is 2.58. The van der Waals surface area contributed by atoms with Gasteiger partial charge in [-0.05, 0) is 138 Å². The second-order valence-corrected chi connectivity index (χ2v) is 12.7. The summed E-state index contributed by atoms with van der Waals surface area (Å²) in [6, 6.07) is 0. The van der Waals surface area contributed by atoms with Gasteiger partial charge in [0.25, 0.3) is 0 Å². The zero-order valence-electron chi connectivity index (χ0n) is 19.2. The second kappa shape index (κ2) is 7.26. The number of hydrogen-bond acceptors (Lipinski definition) is 2. The lowest BCUT2D eigenvalue weighted by Gasteiger charge is -2.57. The van der Waals surface area contributed by atoms with Crippen LogP contribution in [0.15, 0.2) is 0 Å². The maximum Gasteiger partial charge on any atom is 0.0622 e. The largest absolute Gasteiger partial charge is 0.390 e. The SMILES string of the molecule is C[C@H](CCC(C)(C)O)[C@H]1CCC2C3CC[C@H]4C[C@@](C)(O)CC[C@@H]4C3CC[C@@]21C. The lowest BCUT2D eigenvalue weighted by molar-refractivity contribution is -0.103. The maximum atomic E-state index is 10.6. The fourth-order valence-corrected chi connectivity index (χ4v) is 8.84. The van der Waals surface area contributed by atoms with Crippen molar-refractivity contribution in [2.45, 2.75) is 116 Å². The van der Waals surface area contributed by atoms with E-state index in [9.17, 15) is 10.2 Å². The third-order valence-corrected chi connectivity index (χ3v) is 10.2. The Balaban J connectivity index is 1.45. The van der Waals surface area contributed by atoms with Crippen LogP contribution in [0.25, 0.3) is 0 Å². The van der Waals surface area contributed by atoms with Crippen LogP contribution in [0, 0.1) is 46.8 Å². The second-order valence-electron chi connectivity index (χ2n) is 12.7. The molecule has 2 N–H and O–H groups in total. The minimum absolute atomic E-state index is 0.397. The van der Waals surface area contributed by atoms with E-state index in [0.29, 0.717) is 5.41 Å². The smallest absolute Gasteiger partial charge is 0.0622 e. The van der Waals surface area contributed by atoms with E-state index in [-0.39, 0.29) is 0 Å². The first-order valence-electron chi connectivity index (χ1n) is 12.4. The first-order chi connectivity index (χ1) is 13.0. The van der Waals surface area contributed by atoms with Crippen LogP contribution in [-0.2, 0) is 0 Å². The van der Waals surface area contributed by atoms with Gasteiger partial charge < -0.3 is 10.2 Å². The van der Waals surface area contributed by atoms with Gasteiger partial charge in [-0.15, -0.1) is 0 Å². The van der Waals surface area contributed by atoms with Gasteiger partial charge in [0.15, 0.2) is 0 Å². The van der Waals surface area contributed by atoms with E-state index in [2.05, 4.69) is 20.8 Å². The molecule has 0 bridgehead atoms. The standard InChI is InChI=1S/C26H46O2/c1-17(10-13-24(2,3)27)22-8-9-23-21-7-6-18-16-25(4,28)14-11-19(18)20(21)12-15-26(22,23)5/h17-23,27-28H,6-16H2,1-5H3/t17-,18+,19+,20?,21?,22-,23?,25+,26-/m1/s1. The summed E-state index contributed by atoms with van der Waals surface area (Å²) < 4.78 is 0. The van der Waals surface area contributed by atoms with Gasteiger partial charge >= 0.3 is 0 Å². The molecule has 0 aromatic carbocycles. The summed E-state index contributed by atoms with van der Waals surface area (Å²) in [7, 11) is 0. The molecule has 0 heterocycles. The number of hydrogen-bond donors (Lipinski definition) is 2. The predicted octanol–water partition coefficient (Wildman–Crippen LogP) is 6.19. The van der Waals surface area contributed by atoms with E-state index in [0.717, 1.165) is 60.7 Å². The van der Waals surface area contributed by atoms with Crippen LogP contribution in [0.2, 0.25) is 0 Å². The van der Waals surface area contributed by atoms with Crippen LogP contribution in [0.4, 0.5) is 0 Å². The molecule has 0 amide bonds. The molecule has 162 valence electrons.